The fourth-order valence-corrected chi connectivity index (χ4v) is 4.35. The molecule has 24 heavy (non-hydrogen) atoms. The lowest BCUT2D eigenvalue weighted by molar-refractivity contribution is -0.120. The second-order valence-electron chi connectivity index (χ2n) is 5.34. The van der Waals surface area contributed by atoms with Crippen LogP contribution in [0.3, 0.4) is 0 Å². The van der Waals surface area contributed by atoms with E-state index in [0.29, 0.717) is 4.47 Å². The fourth-order valence-electron chi connectivity index (χ4n) is 2.13. The molecule has 2 rings (SSSR count). The summed E-state index contributed by atoms with van der Waals surface area (Å²) in [6.45, 7) is 2.24. The van der Waals surface area contributed by atoms with E-state index in [4.69, 9.17) is 0 Å². The average Bonchev–Trinajstić information content (AvgIpc) is 2.52. The number of nitrogens with one attached hydrogen (secondary N) is 2. The first-order valence-electron chi connectivity index (χ1n) is 7.45. The second kappa shape index (κ2) is 8.41. The average molecular weight is 411 g/mol. The molecule has 2 N–H and O–H groups in total. The fraction of sp³-hybridized carbons (Fsp3) is 0.235. The van der Waals surface area contributed by atoms with Crippen molar-refractivity contribution in [3.63, 3.8) is 0 Å². The van der Waals surface area contributed by atoms with Gasteiger partial charge in [0.1, 0.15) is 0 Å². The minimum atomic E-state index is -3.61. The molecule has 0 saturated carbocycles. The Balaban J connectivity index is 1.82. The number of carbonyl (C=O) groups is 1. The van der Waals surface area contributed by atoms with Crippen LogP contribution in [0.15, 0.2) is 57.9 Å². The van der Waals surface area contributed by atoms with Crippen molar-refractivity contribution in [2.24, 2.45) is 0 Å². The normalized spacial score (nSPS) is 11.2. The summed E-state index contributed by atoms with van der Waals surface area (Å²) in [5, 5.41) is 2.70. The third-order valence-corrected chi connectivity index (χ3v) is 5.76. The summed E-state index contributed by atoms with van der Waals surface area (Å²) in [5.74, 6) is -0.142. The van der Waals surface area contributed by atoms with Crippen molar-refractivity contribution < 1.29 is 13.2 Å². The first kappa shape index (κ1) is 18.6. The highest BCUT2D eigenvalue weighted by Crippen LogP contribution is 2.22. The first-order valence-corrected chi connectivity index (χ1v) is 9.72. The van der Waals surface area contributed by atoms with Gasteiger partial charge in [-0.05, 0) is 46.1 Å². The lowest BCUT2D eigenvalue weighted by Crippen LogP contribution is -2.35. The van der Waals surface area contributed by atoms with Crippen LogP contribution in [0.4, 0.5) is 0 Å². The number of hydrogen-bond acceptors (Lipinski definition) is 3. The number of amides is 1. The Kier molecular flexibility index (Phi) is 6.53. The molecule has 5 nitrogen and oxygen atoms in total. The number of hydrogen-bond donors (Lipinski definition) is 2. The van der Waals surface area contributed by atoms with Crippen molar-refractivity contribution >= 4 is 31.9 Å². The maximum Gasteiger partial charge on any atom is 0.241 e. The highest BCUT2D eigenvalue weighted by Gasteiger charge is 2.16. The Labute approximate surface area is 150 Å². The standard InChI is InChI=1S/C17H19BrN2O3S/c1-13-7-8-16(15(18)11-13)24(22,23)20-10-9-19-17(21)12-14-5-3-2-4-6-14/h2-8,11,20H,9-10,12H2,1H3,(H,19,21). The van der Waals surface area contributed by atoms with Gasteiger partial charge in [-0.1, -0.05) is 36.4 Å². The van der Waals surface area contributed by atoms with Crippen LogP contribution in [0.25, 0.3) is 0 Å². The van der Waals surface area contributed by atoms with E-state index in [-0.39, 0.29) is 30.3 Å². The number of sulfonamides is 1. The molecule has 2 aromatic carbocycles. The van der Waals surface area contributed by atoms with Crippen LogP contribution < -0.4 is 10.0 Å². The SMILES string of the molecule is Cc1ccc(S(=O)(=O)NCCNC(=O)Cc2ccccc2)c(Br)c1. The summed E-state index contributed by atoms with van der Waals surface area (Å²) < 4.78 is 27.5. The lowest BCUT2D eigenvalue weighted by Gasteiger charge is -2.10. The van der Waals surface area contributed by atoms with E-state index in [1.807, 2.05) is 37.3 Å². The van der Waals surface area contributed by atoms with Crippen molar-refractivity contribution in [3.8, 4) is 0 Å². The molecule has 7 heteroatoms. The zero-order valence-electron chi connectivity index (χ0n) is 13.3. The highest BCUT2D eigenvalue weighted by atomic mass is 79.9. The van der Waals surface area contributed by atoms with Gasteiger partial charge in [-0.15, -0.1) is 0 Å². The van der Waals surface area contributed by atoms with Crippen LogP contribution in [0, 0.1) is 6.92 Å². The molecule has 0 spiro atoms. The summed E-state index contributed by atoms with van der Waals surface area (Å²) in [4.78, 5) is 12.0. The maximum absolute atomic E-state index is 12.2. The predicted octanol–water partition coefficient (Wildman–Crippen LogP) is 2.39. The molecular formula is C17H19BrN2O3S. The van der Waals surface area contributed by atoms with E-state index in [9.17, 15) is 13.2 Å². The summed E-state index contributed by atoms with van der Waals surface area (Å²) in [7, 11) is -3.61. The van der Waals surface area contributed by atoms with Gasteiger partial charge in [-0.25, -0.2) is 13.1 Å². The predicted molar refractivity (Wildman–Crippen MR) is 97.2 cm³/mol. The Hall–Kier alpha value is -1.70. The Bertz CT molecular complexity index is 808. The van der Waals surface area contributed by atoms with Crippen LogP contribution in [0.5, 0.6) is 0 Å². The Morgan fingerprint density at radius 3 is 2.46 bits per heavy atom. The van der Waals surface area contributed by atoms with Crippen LogP contribution >= 0.6 is 15.9 Å². The van der Waals surface area contributed by atoms with Crippen molar-refractivity contribution in [1.82, 2.24) is 10.0 Å². The topological polar surface area (TPSA) is 75.3 Å². The second-order valence-corrected chi connectivity index (χ2v) is 7.93. The zero-order valence-corrected chi connectivity index (χ0v) is 15.7. The largest absolute Gasteiger partial charge is 0.355 e. The van der Waals surface area contributed by atoms with E-state index in [1.54, 1.807) is 18.2 Å². The minimum Gasteiger partial charge on any atom is -0.355 e. The van der Waals surface area contributed by atoms with Crippen LogP contribution in [0.2, 0.25) is 0 Å². The van der Waals surface area contributed by atoms with Gasteiger partial charge in [-0.3, -0.25) is 4.79 Å². The van der Waals surface area contributed by atoms with Gasteiger partial charge in [0, 0.05) is 17.6 Å². The molecule has 0 radical (unpaired) electrons. The quantitative estimate of drug-likeness (QED) is 0.688. The van der Waals surface area contributed by atoms with E-state index in [1.165, 1.54) is 0 Å². The molecule has 0 aromatic heterocycles. The van der Waals surface area contributed by atoms with Gasteiger partial charge in [0.25, 0.3) is 0 Å². The molecule has 0 atom stereocenters. The molecule has 0 aliphatic rings. The lowest BCUT2D eigenvalue weighted by atomic mass is 10.1. The molecule has 0 heterocycles. The minimum absolute atomic E-state index is 0.128. The summed E-state index contributed by atoms with van der Waals surface area (Å²) in [5.41, 5.74) is 1.88. The molecule has 2 aromatic rings. The molecule has 128 valence electrons. The molecule has 0 unspecified atom stereocenters. The van der Waals surface area contributed by atoms with Crippen LogP contribution in [-0.4, -0.2) is 27.4 Å². The van der Waals surface area contributed by atoms with Crippen molar-refractivity contribution in [2.75, 3.05) is 13.1 Å². The third kappa shape index (κ3) is 5.43. The maximum atomic E-state index is 12.2. The highest BCUT2D eigenvalue weighted by molar-refractivity contribution is 9.10. The summed E-state index contributed by atoms with van der Waals surface area (Å²) in [6.07, 6.45) is 0.275. The number of aryl methyl sites for hydroxylation is 1. The molecule has 0 fully saturated rings. The Morgan fingerprint density at radius 1 is 1.08 bits per heavy atom. The third-order valence-electron chi connectivity index (χ3n) is 3.32. The molecular weight excluding hydrogens is 392 g/mol. The molecule has 0 saturated heterocycles. The molecule has 1 amide bonds. The van der Waals surface area contributed by atoms with Gasteiger partial charge >= 0.3 is 0 Å². The van der Waals surface area contributed by atoms with Crippen LogP contribution in [0.1, 0.15) is 11.1 Å². The number of halogens is 1. The van der Waals surface area contributed by atoms with Crippen molar-refractivity contribution in [2.45, 2.75) is 18.2 Å². The van der Waals surface area contributed by atoms with Gasteiger partial charge in [0.05, 0.1) is 11.3 Å². The van der Waals surface area contributed by atoms with Crippen LogP contribution in [-0.2, 0) is 21.2 Å². The number of carbonyl (C=O) groups excluding carboxylic acids is 1. The van der Waals surface area contributed by atoms with Crippen molar-refractivity contribution in [3.05, 3.63) is 64.1 Å². The van der Waals surface area contributed by atoms with E-state index in [2.05, 4.69) is 26.0 Å². The molecule has 0 aliphatic carbocycles. The number of rotatable bonds is 7. The summed E-state index contributed by atoms with van der Waals surface area (Å²) >= 11 is 3.26. The van der Waals surface area contributed by atoms with Crippen molar-refractivity contribution in [1.29, 1.82) is 0 Å². The monoisotopic (exact) mass is 410 g/mol. The van der Waals surface area contributed by atoms with E-state index >= 15 is 0 Å². The molecule has 0 bridgehead atoms. The van der Waals surface area contributed by atoms with Gasteiger partial charge in [0.2, 0.25) is 15.9 Å². The Morgan fingerprint density at radius 2 is 1.79 bits per heavy atom. The van der Waals surface area contributed by atoms with E-state index in [0.717, 1.165) is 11.1 Å². The van der Waals surface area contributed by atoms with E-state index < -0.39 is 10.0 Å². The zero-order chi connectivity index (χ0) is 17.6. The van der Waals surface area contributed by atoms with Gasteiger partial charge < -0.3 is 5.32 Å². The van der Waals surface area contributed by atoms with Gasteiger partial charge in [-0.2, -0.15) is 0 Å². The molecule has 0 aliphatic heterocycles. The first-order chi connectivity index (χ1) is 11.4. The number of benzene rings is 2. The summed E-state index contributed by atoms with van der Waals surface area (Å²) in [6, 6.07) is 14.4. The van der Waals surface area contributed by atoms with Gasteiger partial charge in [0.15, 0.2) is 0 Å². The smallest absolute Gasteiger partial charge is 0.241 e.